The van der Waals surface area contributed by atoms with Gasteiger partial charge in [-0.15, -0.1) is 0 Å². The first-order valence-electron chi connectivity index (χ1n) is 7.36. The number of carbonyl (C=O) groups is 1. The van der Waals surface area contributed by atoms with Crippen molar-refractivity contribution in [3.05, 3.63) is 15.9 Å². The van der Waals surface area contributed by atoms with Crippen LogP contribution in [0.5, 0.6) is 0 Å². The Hall–Kier alpha value is -2.16. The minimum absolute atomic E-state index is 0.0280. The molecule has 9 heteroatoms. The van der Waals surface area contributed by atoms with Gasteiger partial charge in [0.2, 0.25) is 17.5 Å². The quantitative estimate of drug-likeness (QED) is 0.607. The van der Waals surface area contributed by atoms with Gasteiger partial charge in [0.1, 0.15) is 0 Å². The SMILES string of the molecule is CCn1c(C)nc([N+](=O)[O-])c1N(C)CC(=O)N1CCNCC1. The highest BCUT2D eigenvalue weighted by molar-refractivity contribution is 5.82. The molecule has 122 valence electrons. The second kappa shape index (κ2) is 6.73. The van der Waals surface area contributed by atoms with Crippen molar-refractivity contribution < 1.29 is 9.72 Å². The molecule has 0 radical (unpaired) electrons. The summed E-state index contributed by atoms with van der Waals surface area (Å²) in [5, 5.41) is 14.4. The summed E-state index contributed by atoms with van der Waals surface area (Å²) < 4.78 is 1.75. The third kappa shape index (κ3) is 3.19. The lowest BCUT2D eigenvalue weighted by Gasteiger charge is -2.29. The van der Waals surface area contributed by atoms with Crippen LogP contribution in [-0.2, 0) is 11.3 Å². The molecule has 0 atom stereocenters. The van der Waals surface area contributed by atoms with Gasteiger partial charge in [-0.3, -0.25) is 9.36 Å². The van der Waals surface area contributed by atoms with Crippen LogP contribution in [-0.4, -0.2) is 65.1 Å². The standard InChI is InChI=1S/C13H22N6O3/c1-4-18-10(2)15-12(19(21)22)13(18)16(3)9-11(20)17-7-5-14-6-8-17/h14H,4-9H2,1-3H3. The Kier molecular flexibility index (Phi) is 4.96. The van der Waals surface area contributed by atoms with Crippen LogP contribution in [0.3, 0.4) is 0 Å². The summed E-state index contributed by atoms with van der Waals surface area (Å²) in [6.45, 7) is 7.19. The summed E-state index contributed by atoms with van der Waals surface area (Å²) in [7, 11) is 1.69. The van der Waals surface area contributed by atoms with E-state index in [1.54, 1.807) is 28.3 Å². The molecule has 0 unspecified atom stereocenters. The number of piperazine rings is 1. The van der Waals surface area contributed by atoms with Gasteiger partial charge >= 0.3 is 5.82 Å². The fraction of sp³-hybridized carbons (Fsp3) is 0.692. The van der Waals surface area contributed by atoms with Gasteiger partial charge in [0.25, 0.3) is 0 Å². The molecular weight excluding hydrogens is 288 g/mol. The van der Waals surface area contributed by atoms with Crippen molar-refractivity contribution in [1.29, 1.82) is 0 Å². The third-order valence-corrected chi connectivity index (χ3v) is 3.81. The van der Waals surface area contributed by atoms with E-state index in [2.05, 4.69) is 10.3 Å². The lowest BCUT2D eigenvalue weighted by molar-refractivity contribution is -0.388. The summed E-state index contributed by atoms with van der Waals surface area (Å²) in [4.78, 5) is 30.4. The lowest BCUT2D eigenvalue weighted by atomic mass is 10.3. The van der Waals surface area contributed by atoms with E-state index >= 15 is 0 Å². The molecular formula is C13H22N6O3. The Labute approximate surface area is 129 Å². The number of hydrogen-bond donors (Lipinski definition) is 1. The fourth-order valence-corrected chi connectivity index (χ4v) is 2.71. The van der Waals surface area contributed by atoms with Crippen molar-refractivity contribution in [2.45, 2.75) is 20.4 Å². The highest BCUT2D eigenvalue weighted by atomic mass is 16.6. The zero-order valence-electron chi connectivity index (χ0n) is 13.2. The molecule has 1 saturated heterocycles. The predicted molar refractivity (Wildman–Crippen MR) is 82.0 cm³/mol. The smallest absolute Gasteiger partial charge is 0.358 e. The summed E-state index contributed by atoms with van der Waals surface area (Å²) in [5.74, 6) is 0.730. The van der Waals surface area contributed by atoms with Gasteiger partial charge in [-0.05, 0) is 16.8 Å². The predicted octanol–water partition coefficient (Wildman–Crippen LogP) is -0.0124. The number of nitrogens with zero attached hydrogens (tertiary/aromatic N) is 5. The van der Waals surface area contributed by atoms with Crippen molar-refractivity contribution >= 4 is 17.5 Å². The number of nitro groups is 1. The first-order valence-corrected chi connectivity index (χ1v) is 7.36. The number of likely N-dealkylation sites (N-methyl/N-ethyl adjacent to an activating group) is 1. The van der Waals surface area contributed by atoms with Gasteiger partial charge in [-0.25, -0.2) is 0 Å². The van der Waals surface area contributed by atoms with Crippen LogP contribution in [0.2, 0.25) is 0 Å². The number of aromatic nitrogens is 2. The second-order valence-electron chi connectivity index (χ2n) is 5.29. The Bertz CT molecular complexity index is 564. The first kappa shape index (κ1) is 16.2. The molecule has 22 heavy (non-hydrogen) atoms. The molecule has 1 aliphatic heterocycles. The molecule has 0 spiro atoms. The van der Waals surface area contributed by atoms with Crippen LogP contribution in [0.15, 0.2) is 0 Å². The Morgan fingerprint density at radius 1 is 1.45 bits per heavy atom. The summed E-state index contributed by atoms with van der Waals surface area (Å²) in [5.41, 5.74) is 0. The molecule has 0 aromatic carbocycles. The van der Waals surface area contributed by atoms with E-state index in [4.69, 9.17) is 0 Å². The van der Waals surface area contributed by atoms with Crippen molar-refractivity contribution in [2.75, 3.05) is 44.7 Å². The van der Waals surface area contributed by atoms with Crippen molar-refractivity contribution in [3.63, 3.8) is 0 Å². The zero-order valence-corrected chi connectivity index (χ0v) is 13.2. The number of imidazole rings is 1. The van der Waals surface area contributed by atoms with Crippen LogP contribution in [0.1, 0.15) is 12.7 Å². The number of hydrogen-bond acceptors (Lipinski definition) is 6. The topological polar surface area (TPSA) is 96.5 Å². The molecule has 0 bridgehead atoms. The molecule has 1 fully saturated rings. The first-order chi connectivity index (χ1) is 10.5. The molecule has 2 rings (SSSR count). The van der Waals surface area contributed by atoms with Crippen LogP contribution in [0.4, 0.5) is 11.6 Å². The third-order valence-electron chi connectivity index (χ3n) is 3.81. The fourth-order valence-electron chi connectivity index (χ4n) is 2.71. The Morgan fingerprint density at radius 2 is 2.09 bits per heavy atom. The highest BCUT2D eigenvalue weighted by Gasteiger charge is 2.29. The monoisotopic (exact) mass is 310 g/mol. The maximum atomic E-state index is 12.3. The zero-order chi connectivity index (χ0) is 16.3. The molecule has 1 N–H and O–H groups in total. The van der Waals surface area contributed by atoms with Crippen LogP contribution in [0, 0.1) is 17.0 Å². The van der Waals surface area contributed by atoms with E-state index in [0.717, 1.165) is 13.1 Å². The average Bonchev–Trinajstić information content (AvgIpc) is 2.85. The van der Waals surface area contributed by atoms with Crippen LogP contribution in [0.25, 0.3) is 0 Å². The van der Waals surface area contributed by atoms with Gasteiger partial charge in [0, 0.05) is 46.7 Å². The molecule has 1 aliphatic rings. The van der Waals surface area contributed by atoms with Crippen molar-refractivity contribution in [3.8, 4) is 0 Å². The Morgan fingerprint density at radius 3 is 2.64 bits per heavy atom. The van der Waals surface area contributed by atoms with Crippen LogP contribution >= 0.6 is 0 Å². The van der Waals surface area contributed by atoms with Gasteiger partial charge in [-0.1, -0.05) is 0 Å². The van der Waals surface area contributed by atoms with Crippen LogP contribution < -0.4 is 10.2 Å². The molecule has 0 saturated carbocycles. The van der Waals surface area contributed by atoms with E-state index in [9.17, 15) is 14.9 Å². The number of aryl methyl sites for hydroxylation is 1. The average molecular weight is 310 g/mol. The number of nitrogens with one attached hydrogen (secondary N) is 1. The van der Waals surface area contributed by atoms with Gasteiger partial charge < -0.3 is 25.2 Å². The summed E-state index contributed by atoms with van der Waals surface area (Å²) in [6.07, 6.45) is 0. The molecule has 0 aliphatic carbocycles. The van der Waals surface area contributed by atoms with E-state index in [0.29, 0.717) is 31.3 Å². The van der Waals surface area contributed by atoms with Crippen molar-refractivity contribution in [2.24, 2.45) is 0 Å². The minimum atomic E-state index is -0.500. The maximum Gasteiger partial charge on any atom is 0.406 e. The molecule has 1 amide bonds. The van der Waals surface area contributed by atoms with E-state index < -0.39 is 4.92 Å². The lowest BCUT2D eigenvalue weighted by Crippen LogP contribution is -2.49. The minimum Gasteiger partial charge on any atom is -0.358 e. The molecule has 2 heterocycles. The van der Waals surface area contributed by atoms with E-state index in [1.165, 1.54) is 0 Å². The normalized spacial score (nSPS) is 15.0. The second-order valence-corrected chi connectivity index (χ2v) is 5.29. The number of anilines is 1. The van der Waals surface area contributed by atoms with Gasteiger partial charge in [-0.2, -0.15) is 0 Å². The van der Waals surface area contributed by atoms with Gasteiger partial charge in [0.15, 0.2) is 0 Å². The van der Waals surface area contributed by atoms with E-state index in [1.807, 2.05) is 6.92 Å². The number of amides is 1. The molecule has 1 aromatic heterocycles. The maximum absolute atomic E-state index is 12.3. The Balaban J connectivity index is 2.19. The van der Waals surface area contributed by atoms with E-state index in [-0.39, 0.29) is 18.3 Å². The molecule has 9 nitrogen and oxygen atoms in total. The number of rotatable bonds is 5. The molecule has 1 aromatic rings. The van der Waals surface area contributed by atoms with Crippen molar-refractivity contribution in [1.82, 2.24) is 19.8 Å². The van der Waals surface area contributed by atoms with Gasteiger partial charge in [0.05, 0.1) is 6.54 Å². The largest absolute Gasteiger partial charge is 0.406 e. The summed E-state index contributed by atoms with van der Waals surface area (Å²) >= 11 is 0. The highest BCUT2D eigenvalue weighted by Crippen LogP contribution is 2.28. The summed E-state index contributed by atoms with van der Waals surface area (Å²) in [6, 6.07) is 0. The number of carbonyl (C=O) groups excluding carboxylic acids is 1.